The minimum atomic E-state index is -3.99. The smallest absolute Gasteiger partial charge is 0.321 e. The molecule has 0 saturated carbocycles. The van der Waals surface area contributed by atoms with Crippen molar-refractivity contribution in [2.24, 2.45) is 0 Å². The Kier molecular flexibility index (Phi) is 7.74. The molecule has 0 saturated heterocycles. The van der Waals surface area contributed by atoms with Crippen molar-refractivity contribution >= 4 is 39.0 Å². The monoisotopic (exact) mass is 544 g/mol. The number of aromatic nitrogens is 4. The van der Waals surface area contributed by atoms with Crippen molar-refractivity contribution in [3.63, 3.8) is 0 Å². The zero-order valence-corrected chi connectivity index (χ0v) is 21.2. The molecule has 37 heavy (non-hydrogen) atoms. The zero-order chi connectivity index (χ0) is 26.4. The maximum atomic E-state index is 12.8. The van der Waals surface area contributed by atoms with Crippen molar-refractivity contribution in [1.82, 2.24) is 19.7 Å². The lowest BCUT2D eigenvalue weighted by Gasteiger charge is -2.10. The fraction of sp³-hybridized carbons (Fsp3) is 0.130. The highest BCUT2D eigenvalue weighted by Gasteiger charge is 2.18. The lowest BCUT2D eigenvalue weighted by atomic mass is 10.3. The minimum Gasteiger partial charge on any atom is -0.481 e. The van der Waals surface area contributed by atoms with E-state index in [1.807, 2.05) is 0 Å². The third-order valence-electron chi connectivity index (χ3n) is 4.80. The number of para-hydroxylation sites is 1. The molecule has 0 aliphatic carbocycles. The van der Waals surface area contributed by atoms with Crippen LogP contribution in [0.25, 0.3) is 0 Å². The molecule has 0 bridgehead atoms. The molecule has 0 radical (unpaired) electrons. The minimum absolute atomic E-state index is 0.0322. The molecule has 0 spiro atoms. The van der Waals surface area contributed by atoms with Crippen LogP contribution < -0.4 is 24.2 Å². The Labute approximate surface area is 217 Å². The maximum Gasteiger partial charge on any atom is 0.321 e. The molecule has 2 N–H and O–H groups in total. The van der Waals surface area contributed by atoms with Crippen LogP contribution in [-0.4, -0.2) is 48.3 Å². The summed E-state index contributed by atoms with van der Waals surface area (Å²) >= 11 is 6.06. The Bertz CT molecular complexity index is 1490. The molecule has 0 fully saturated rings. The van der Waals surface area contributed by atoms with Crippen LogP contribution in [0.3, 0.4) is 0 Å². The van der Waals surface area contributed by atoms with Crippen LogP contribution in [0.4, 0.5) is 11.5 Å². The first-order valence-electron chi connectivity index (χ1n) is 10.6. The zero-order valence-electron chi connectivity index (χ0n) is 19.6. The van der Waals surface area contributed by atoms with Gasteiger partial charge in [-0.2, -0.15) is 15.1 Å². The van der Waals surface area contributed by atoms with Crippen LogP contribution >= 0.6 is 11.6 Å². The van der Waals surface area contributed by atoms with E-state index in [0.29, 0.717) is 16.5 Å². The van der Waals surface area contributed by atoms with Gasteiger partial charge in [0.25, 0.3) is 15.9 Å². The van der Waals surface area contributed by atoms with Gasteiger partial charge in [0, 0.05) is 18.0 Å². The first-order chi connectivity index (χ1) is 17.8. The molecule has 2 heterocycles. The van der Waals surface area contributed by atoms with Crippen LogP contribution in [0.15, 0.2) is 71.8 Å². The molecule has 0 aliphatic rings. The number of nitrogens with one attached hydrogen (secondary N) is 2. The molecule has 2 aromatic carbocycles. The summed E-state index contributed by atoms with van der Waals surface area (Å²) in [5.41, 5.74) is 0.518. The maximum absolute atomic E-state index is 12.8. The number of anilines is 2. The predicted octanol–water partition coefficient (Wildman–Crippen LogP) is 3.43. The van der Waals surface area contributed by atoms with Crippen molar-refractivity contribution in [1.29, 1.82) is 0 Å². The van der Waals surface area contributed by atoms with E-state index in [9.17, 15) is 13.2 Å². The largest absolute Gasteiger partial charge is 0.481 e. The molecule has 14 heteroatoms. The number of sulfonamides is 1. The lowest BCUT2D eigenvalue weighted by molar-refractivity contribution is 0.102. The number of rotatable bonds is 10. The number of ether oxygens (including phenoxy) is 3. The lowest BCUT2D eigenvalue weighted by Crippen LogP contribution is -2.16. The van der Waals surface area contributed by atoms with E-state index in [4.69, 9.17) is 25.8 Å². The Morgan fingerprint density at radius 2 is 1.78 bits per heavy atom. The van der Waals surface area contributed by atoms with Gasteiger partial charge in [-0.1, -0.05) is 23.7 Å². The van der Waals surface area contributed by atoms with Crippen molar-refractivity contribution in [2.75, 3.05) is 24.3 Å². The summed E-state index contributed by atoms with van der Waals surface area (Å²) < 4.78 is 44.9. The predicted molar refractivity (Wildman–Crippen MR) is 135 cm³/mol. The number of carbonyl (C=O) groups excluding carboxylic acids is 1. The molecule has 2 aromatic heterocycles. The Hall–Kier alpha value is -4.36. The number of methoxy groups -OCH3 is 2. The molecule has 4 rings (SSSR count). The molecular formula is C23H21ClN6O6S. The van der Waals surface area contributed by atoms with Crippen molar-refractivity contribution in [3.8, 4) is 17.6 Å². The van der Waals surface area contributed by atoms with Gasteiger partial charge < -0.3 is 19.5 Å². The summed E-state index contributed by atoms with van der Waals surface area (Å²) in [7, 11) is -1.27. The second-order valence-corrected chi connectivity index (χ2v) is 9.40. The first kappa shape index (κ1) is 25.7. The van der Waals surface area contributed by atoms with Gasteiger partial charge in [0.15, 0.2) is 18.2 Å². The molecule has 0 atom stereocenters. The third-order valence-corrected chi connectivity index (χ3v) is 6.48. The van der Waals surface area contributed by atoms with Crippen molar-refractivity contribution in [2.45, 2.75) is 11.6 Å². The summed E-state index contributed by atoms with van der Waals surface area (Å²) in [4.78, 5) is 20.4. The van der Waals surface area contributed by atoms with Crippen LogP contribution in [0, 0.1) is 0 Å². The number of nitrogens with zero attached hydrogens (tertiary/aromatic N) is 4. The standard InChI is InChI=1S/C23H21ClN6O6S/c1-34-21-13-20(26-23(27-21)35-2)29-37(32,33)16-9-7-15(8-10-16)25-22(31)18-11-12-30(28-18)14-36-19-6-4-3-5-17(19)24/h3-13H,14H2,1-2H3,(H,25,31)(H,26,27,29). The van der Waals surface area contributed by atoms with Gasteiger partial charge in [0.2, 0.25) is 5.88 Å². The fourth-order valence-electron chi connectivity index (χ4n) is 3.01. The van der Waals surface area contributed by atoms with Crippen molar-refractivity contribution in [3.05, 3.63) is 77.6 Å². The van der Waals surface area contributed by atoms with E-state index >= 15 is 0 Å². The Balaban J connectivity index is 1.38. The fourth-order valence-corrected chi connectivity index (χ4v) is 4.20. The quantitative estimate of drug-likeness (QED) is 0.306. The van der Waals surface area contributed by atoms with Gasteiger partial charge in [-0.3, -0.25) is 9.52 Å². The van der Waals surface area contributed by atoms with Crippen LogP contribution in [0.2, 0.25) is 5.02 Å². The van der Waals surface area contributed by atoms with E-state index < -0.39 is 15.9 Å². The normalized spacial score (nSPS) is 11.0. The van der Waals surface area contributed by atoms with Gasteiger partial charge in [-0.15, -0.1) is 0 Å². The van der Waals surface area contributed by atoms with E-state index in [0.717, 1.165) is 0 Å². The van der Waals surface area contributed by atoms with Crippen LogP contribution in [0.5, 0.6) is 17.6 Å². The van der Waals surface area contributed by atoms with Gasteiger partial charge in [-0.25, -0.2) is 13.1 Å². The van der Waals surface area contributed by atoms with Gasteiger partial charge >= 0.3 is 6.01 Å². The highest BCUT2D eigenvalue weighted by molar-refractivity contribution is 7.92. The average Bonchev–Trinajstić information content (AvgIpc) is 3.37. The number of halogens is 1. The first-order valence-corrected chi connectivity index (χ1v) is 12.5. The van der Waals surface area contributed by atoms with Crippen LogP contribution in [0.1, 0.15) is 10.5 Å². The summed E-state index contributed by atoms with van der Waals surface area (Å²) in [6.45, 7) is 0.0562. The number of amides is 1. The van der Waals surface area contributed by atoms with Crippen LogP contribution in [-0.2, 0) is 16.8 Å². The molecule has 12 nitrogen and oxygen atoms in total. The molecule has 0 unspecified atom stereocenters. The van der Waals surface area contributed by atoms with E-state index in [-0.39, 0.29) is 35.0 Å². The van der Waals surface area contributed by atoms with E-state index in [1.54, 1.807) is 30.5 Å². The summed E-state index contributed by atoms with van der Waals surface area (Å²) in [6.07, 6.45) is 1.59. The van der Waals surface area contributed by atoms with Gasteiger partial charge in [0.1, 0.15) is 5.75 Å². The summed E-state index contributed by atoms with van der Waals surface area (Å²) in [6, 6.07) is 15.4. The highest BCUT2D eigenvalue weighted by Crippen LogP contribution is 2.24. The molecule has 0 aliphatic heterocycles. The number of hydrogen-bond donors (Lipinski definition) is 2. The number of benzene rings is 2. The van der Waals surface area contributed by atoms with Gasteiger partial charge in [0.05, 0.1) is 24.1 Å². The SMILES string of the molecule is COc1cc(NS(=O)(=O)c2ccc(NC(=O)c3ccn(COc4ccccc4Cl)n3)cc2)nc(OC)n1. The van der Waals surface area contributed by atoms with Gasteiger partial charge in [-0.05, 0) is 42.5 Å². The molecule has 1 amide bonds. The summed E-state index contributed by atoms with van der Waals surface area (Å²) in [5.74, 6) is 0.106. The number of carbonyl (C=O) groups is 1. The number of hydrogen-bond acceptors (Lipinski definition) is 9. The summed E-state index contributed by atoms with van der Waals surface area (Å²) in [5, 5.41) is 7.31. The Morgan fingerprint density at radius 1 is 1.03 bits per heavy atom. The average molecular weight is 545 g/mol. The van der Waals surface area contributed by atoms with Crippen molar-refractivity contribution < 1.29 is 27.4 Å². The highest BCUT2D eigenvalue weighted by atomic mass is 35.5. The van der Waals surface area contributed by atoms with E-state index in [2.05, 4.69) is 25.1 Å². The molecular weight excluding hydrogens is 524 g/mol. The molecule has 4 aromatic rings. The topological polar surface area (TPSA) is 147 Å². The third kappa shape index (κ3) is 6.45. The molecule has 192 valence electrons. The Morgan fingerprint density at radius 3 is 2.49 bits per heavy atom. The van der Waals surface area contributed by atoms with E-state index in [1.165, 1.54) is 55.3 Å². The second kappa shape index (κ2) is 11.1. The second-order valence-electron chi connectivity index (χ2n) is 7.31.